The molecule has 1 saturated heterocycles. The van der Waals surface area contributed by atoms with Crippen LogP contribution in [0.3, 0.4) is 0 Å². The average Bonchev–Trinajstić information content (AvgIpc) is 3.08. The molecular formula is C12H12N8O4. The molecule has 0 amide bonds. The van der Waals surface area contributed by atoms with E-state index < -0.39 is 36.1 Å². The van der Waals surface area contributed by atoms with E-state index in [1.807, 2.05) is 0 Å². The number of anilines is 1. The number of azide groups is 1. The summed E-state index contributed by atoms with van der Waals surface area (Å²) in [6.45, 7) is -0.796. The van der Waals surface area contributed by atoms with Crippen LogP contribution < -0.4 is 11.3 Å². The predicted molar refractivity (Wildman–Crippen MR) is 80.0 cm³/mol. The molecule has 2 aromatic heterocycles. The number of hydrogen-bond acceptors (Lipinski definition) is 8. The van der Waals surface area contributed by atoms with E-state index in [-0.39, 0.29) is 17.1 Å². The standard InChI is InChI=1S/C12H12N8O4/c1-2-5-7(22)12(3-21,18-19-14)24-10(5)20-4-15-6-8(20)16-11(13)17-9(6)23/h1,4-5,7,10,21-22H,3H2,(H3,13,16,17,23)/t5-,7-,10+,12+/m0/s1. The number of terminal acetylenes is 1. The number of nitrogen functional groups attached to an aromatic ring is 1. The number of aliphatic hydroxyl groups excluding tert-OH is 2. The number of nitrogens with two attached hydrogens (primary N) is 1. The number of aromatic amines is 1. The second-order valence-corrected chi connectivity index (χ2v) is 5.11. The Morgan fingerprint density at radius 2 is 2.46 bits per heavy atom. The molecule has 4 atom stereocenters. The summed E-state index contributed by atoms with van der Waals surface area (Å²) in [4.78, 5) is 24.6. The lowest BCUT2D eigenvalue weighted by molar-refractivity contribution is -0.122. The molecule has 1 fully saturated rings. The summed E-state index contributed by atoms with van der Waals surface area (Å²) in [5.74, 6) is 1.19. The van der Waals surface area contributed by atoms with Crippen molar-refractivity contribution < 1.29 is 14.9 Å². The van der Waals surface area contributed by atoms with Crippen LogP contribution in [0, 0.1) is 18.3 Å². The lowest BCUT2D eigenvalue weighted by Gasteiger charge is -2.23. The maximum atomic E-state index is 11.8. The van der Waals surface area contributed by atoms with Crippen LogP contribution in [-0.4, -0.2) is 48.2 Å². The van der Waals surface area contributed by atoms with Gasteiger partial charge in [-0.3, -0.25) is 14.3 Å². The van der Waals surface area contributed by atoms with Crippen LogP contribution in [0.5, 0.6) is 0 Å². The number of H-pyrrole nitrogens is 1. The summed E-state index contributed by atoms with van der Waals surface area (Å²) in [5, 5.41) is 23.2. The quantitative estimate of drug-likeness (QED) is 0.236. The molecule has 0 bridgehead atoms. The van der Waals surface area contributed by atoms with Crippen molar-refractivity contribution >= 4 is 17.1 Å². The van der Waals surface area contributed by atoms with Gasteiger partial charge >= 0.3 is 0 Å². The first kappa shape index (κ1) is 15.8. The Bertz CT molecular complexity index is 939. The summed E-state index contributed by atoms with van der Waals surface area (Å²) >= 11 is 0. The van der Waals surface area contributed by atoms with Gasteiger partial charge in [0.1, 0.15) is 6.10 Å². The summed E-state index contributed by atoms with van der Waals surface area (Å²) < 4.78 is 6.84. The Morgan fingerprint density at radius 3 is 3.08 bits per heavy atom. The Kier molecular flexibility index (Phi) is 3.63. The third kappa shape index (κ3) is 2.08. The van der Waals surface area contributed by atoms with Crippen molar-refractivity contribution in [2.45, 2.75) is 18.1 Å². The number of fused-ring (bicyclic) bond motifs is 1. The van der Waals surface area contributed by atoms with Gasteiger partial charge in [-0.05, 0) is 5.53 Å². The molecule has 0 spiro atoms. The third-order valence-electron chi connectivity index (χ3n) is 3.79. The van der Waals surface area contributed by atoms with Crippen LogP contribution >= 0.6 is 0 Å². The van der Waals surface area contributed by atoms with Crippen LogP contribution in [-0.2, 0) is 4.74 Å². The fraction of sp³-hybridized carbons (Fsp3) is 0.417. The lowest BCUT2D eigenvalue weighted by atomic mass is 9.97. The molecule has 1 aliphatic rings. The van der Waals surface area contributed by atoms with E-state index in [9.17, 15) is 15.0 Å². The molecule has 0 aromatic carbocycles. The first-order valence-electron chi connectivity index (χ1n) is 6.69. The second kappa shape index (κ2) is 5.52. The van der Waals surface area contributed by atoms with Gasteiger partial charge in [-0.2, -0.15) is 4.98 Å². The molecule has 0 unspecified atom stereocenters. The topological polar surface area (TPSA) is 188 Å². The van der Waals surface area contributed by atoms with Crippen molar-refractivity contribution in [1.82, 2.24) is 19.5 Å². The number of imidazole rings is 1. The Labute approximate surface area is 133 Å². The molecule has 3 heterocycles. The van der Waals surface area contributed by atoms with E-state index in [1.165, 1.54) is 10.9 Å². The van der Waals surface area contributed by atoms with Crippen LogP contribution in [0.25, 0.3) is 21.6 Å². The first-order valence-corrected chi connectivity index (χ1v) is 6.69. The highest BCUT2D eigenvalue weighted by molar-refractivity contribution is 5.70. The molecule has 12 heteroatoms. The minimum Gasteiger partial charge on any atom is -0.393 e. The SMILES string of the molecule is C#C[C@@H]1[C@H](n2cnc3c(=O)[nH]c(N)nc32)O[C@@](CO)(N=[N+]=[N-])[C@H]1O. The van der Waals surface area contributed by atoms with Gasteiger partial charge in [-0.1, -0.05) is 11.0 Å². The van der Waals surface area contributed by atoms with Crippen molar-refractivity contribution in [3.8, 4) is 12.3 Å². The molecule has 5 N–H and O–H groups in total. The molecule has 2 aromatic rings. The number of nitrogens with one attached hydrogen (secondary N) is 1. The van der Waals surface area contributed by atoms with E-state index in [4.69, 9.17) is 22.4 Å². The minimum absolute atomic E-state index is 0.0108. The zero-order valence-corrected chi connectivity index (χ0v) is 12.1. The van der Waals surface area contributed by atoms with E-state index >= 15 is 0 Å². The minimum atomic E-state index is -1.96. The van der Waals surface area contributed by atoms with Gasteiger partial charge in [0.15, 0.2) is 23.1 Å². The summed E-state index contributed by atoms with van der Waals surface area (Å²) in [5.41, 5.74) is 11.7. The van der Waals surface area contributed by atoms with E-state index in [0.29, 0.717) is 0 Å². The van der Waals surface area contributed by atoms with Crippen LogP contribution in [0.15, 0.2) is 16.2 Å². The number of nitrogens with zero attached hydrogens (tertiary/aromatic N) is 6. The second-order valence-electron chi connectivity index (χ2n) is 5.11. The Morgan fingerprint density at radius 1 is 1.71 bits per heavy atom. The third-order valence-corrected chi connectivity index (χ3v) is 3.79. The Balaban J connectivity index is 2.18. The lowest BCUT2D eigenvalue weighted by Crippen LogP contribution is -2.42. The molecule has 24 heavy (non-hydrogen) atoms. The summed E-state index contributed by atoms with van der Waals surface area (Å²) in [7, 11) is 0. The van der Waals surface area contributed by atoms with Crippen LogP contribution in [0.4, 0.5) is 5.95 Å². The van der Waals surface area contributed by atoms with Gasteiger partial charge in [0.25, 0.3) is 5.56 Å². The van der Waals surface area contributed by atoms with Crippen molar-refractivity contribution in [1.29, 1.82) is 0 Å². The summed E-state index contributed by atoms with van der Waals surface area (Å²) in [6.07, 6.45) is 4.11. The van der Waals surface area contributed by atoms with Gasteiger partial charge < -0.3 is 20.7 Å². The fourth-order valence-electron chi connectivity index (χ4n) is 2.64. The zero-order valence-electron chi connectivity index (χ0n) is 12.1. The highest BCUT2D eigenvalue weighted by Gasteiger charge is 2.54. The zero-order chi connectivity index (χ0) is 17.5. The van der Waals surface area contributed by atoms with Gasteiger partial charge in [0, 0.05) is 4.91 Å². The van der Waals surface area contributed by atoms with Crippen LogP contribution in [0.2, 0.25) is 0 Å². The highest BCUT2D eigenvalue weighted by Crippen LogP contribution is 2.42. The molecule has 124 valence electrons. The number of hydrogen-bond donors (Lipinski definition) is 4. The molecular weight excluding hydrogens is 320 g/mol. The van der Waals surface area contributed by atoms with E-state index in [0.717, 1.165) is 0 Å². The van der Waals surface area contributed by atoms with E-state index in [2.05, 4.69) is 30.9 Å². The Hall–Kier alpha value is -3.10. The van der Waals surface area contributed by atoms with Gasteiger partial charge in [0.2, 0.25) is 5.95 Å². The molecule has 1 aliphatic heterocycles. The molecule has 0 aliphatic carbocycles. The number of rotatable bonds is 3. The van der Waals surface area contributed by atoms with Gasteiger partial charge in [0.05, 0.1) is 18.9 Å². The largest absolute Gasteiger partial charge is 0.393 e. The van der Waals surface area contributed by atoms with Crippen molar-refractivity contribution in [2.24, 2.45) is 11.0 Å². The number of aliphatic hydroxyl groups is 2. The smallest absolute Gasteiger partial charge is 0.280 e. The van der Waals surface area contributed by atoms with Crippen LogP contribution in [0.1, 0.15) is 6.23 Å². The maximum absolute atomic E-state index is 11.8. The monoisotopic (exact) mass is 332 g/mol. The van der Waals surface area contributed by atoms with Crippen molar-refractivity contribution in [2.75, 3.05) is 12.3 Å². The normalized spacial score (nSPS) is 29.3. The fourth-order valence-corrected chi connectivity index (χ4v) is 2.64. The summed E-state index contributed by atoms with van der Waals surface area (Å²) in [6, 6.07) is 0. The molecule has 0 saturated carbocycles. The maximum Gasteiger partial charge on any atom is 0.280 e. The first-order chi connectivity index (χ1) is 11.5. The molecule has 3 rings (SSSR count). The van der Waals surface area contributed by atoms with Gasteiger partial charge in [-0.15, -0.1) is 6.42 Å². The average molecular weight is 332 g/mol. The van der Waals surface area contributed by atoms with Crippen molar-refractivity contribution in [3.63, 3.8) is 0 Å². The number of aromatic nitrogens is 4. The predicted octanol–water partition coefficient (Wildman–Crippen LogP) is -1.16. The number of ether oxygens (including phenoxy) is 1. The molecule has 0 radical (unpaired) electrons. The highest BCUT2D eigenvalue weighted by atomic mass is 16.6. The molecule has 12 nitrogen and oxygen atoms in total. The van der Waals surface area contributed by atoms with Gasteiger partial charge in [-0.25, -0.2) is 4.98 Å². The van der Waals surface area contributed by atoms with Crippen molar-refractivity contribution in [3.05, 3.63) is 27.1 Å². The van der Waals surface area contributed by atoms with E-state index in [1.54, 1.807) is 0 Å².